The highest BCUT2D eigenvalue weighted by Gasteiger charge is 2.22. The van der Waals surface area contributed by atoms with Crippen LogP contribution in [-0.4, -0.2) is 11.7 Å². The number of aliphatic hydroxyl groups excluding tert-OH is 1. The van der Waals surface area contributed by atoms with E-state index in [1.807, 2.05) is 0 Å². The van der Waals surface area contributed by atoms with Crippen LogP contribution >= 0.6 is 0 Å². The quantitative estimate of drug-likeness (QED) is 0.608. The Labute approximate surface area is 102 Å². The van der Waals surface area contributed by atoms with Crippen molar-refractivity contribution in [2.24, 2.45) is 17.8 Å². The Bertz CT molecular complexity index is 190. The van der Waals surface area contributed by atoms with Gasteiger partial charge >= 0.3 is 0 Å². The molecule has 1 N–H and O–H groups in total. The first kappa shape index (κ1) is 15.7. The molecule has 0 aromatic rings. The zero-order valence-corrected chi connectivity index (χ0v) is 11.8. The highest BCUT2D eigenvalue weighted by molar-refractivity contribution is 4.95. The van der Waals surface area contributed by atoms with Gasteiger partial charge in [0.15, 0.2) is 0 Å². The number of allylic oxidation sites excluding steroid dienone is 2. The summed E-state index contributed by atoms with van der Waals surface area (Å²) in [7, 11) is 0. The molecule has 2 unspecified atom stereocenters. The zero-order chi connectivity index (χ0) is 12.6. The van der Waals surface area contributed by atoms with E-state index in [1.165, 1.54) is 24.8 Å². The molecule has 2 atom stereocenters. The molecule has 0 radical (unpaired) electrons. The average Bonchev–Trinajstić information content (AvgIpc) is 2.22. The van der Waals surface area contributed by atoms with Gasteiger partial charge in [-0.25, -0.2) is 0 Å². The van der Waals surface area contributed by atoms with Crippen molar-refractivity contribution in [2.45, 2.75) is 60.3 Å². The highest BCUT2D eigenvalue weighted by atomic mass is 16.3. The first-order valence-corrected chi connectivity index (χ1v) is 6.77. The van der Waals surface area contributed by atoms with Gasteiger partial charge < -0.3 is 5.11 Å². The molecule has 0 saturated carbocycles. The third-order valence-electron chi connectivity index (χ3n) is 3.42. The van der Waals surface area contributed by atoms with Crippen LogP contribution in [0.4, 0.5) is 0 Å². The van der Waals surface area contributed by atoms with E-state index in [-0.39, 0.29) is 0 Å². The van der Waals surface area contributed by atoms with Crippen LogP contribution in [0.3, 0.4) is 0 Å². The fraction of sp³-hybridized carbons (Fsp3) is 0.867. The van der Waals surface area contributed by atoms with Gasteiger partial charge in [-0.3, -0.25) is 0 Å². The topological polar surface area (TPSA) is 20.2 Å². The Kier molecular flexibility index (Phi) is 8.64. The van der Waals surface area contributed by atoms with Crippen LogP contribution in [0.2, 0.25) is 0 Å². The highest BCUT2D eigenvalue weighted by Crippen LogP contribution is 2.29. The van der Waals surface area contributed by atoms with Crippen LogP contribution in [0, 0.1) is 17.8 Å². The normalized spacial score (nSPS) is 14.9. The summed E-state index contributed by atoms with van der Waals surface area (Å²) in [5, 5.41) is 9.53. The molecular weight excluding hydrogens is 196 g/mol. The lowest BCUT2D eigenvalue weighted by atomic mass is 9.78. The predicted molar refractivity (Wildman–Crippen MR) is 72.5 cm³/mol. The molecule has 0 rings (SSSR count). The van der Waals surface area contributed by atoms with E-state index in [1.54, 1.807) is 0 Å². The molecular formula is C15H30O. The lowest BCUT2D eigenvalue weighted by Crippen LogP contribution is -2.23. The molecule has 1 heteroatoms. The summed E-state index contributed by atoms with van der Waals surface area (Å²) in [5.41, 5.74) is 1.36. The molecule has 1 nitrogen and oxygen atoms in total. The lowest BCUT2D eigenvalue weighted by Gasteiger charge is -2.28. The van der Waals surface area contributed by atoms with Gasteiger partial charge in [-0.15, -0.1) is 0 Å². The standard InChI is InChI=1S/C15H30O/c1-6-7-8-15(13(4)5)14(11-16)10-9-12(2)3/h9,13-16H,6-8,10-11H2,1-5H3. The van der Waals surface area contributed by atoms with Gasteiger partial charge in [-0.2, -0.15) is 0 Å². The zero-order valence-electron chi connectivity index (χ0n) is 11.8. The Hall–Kier alpha value is -0.300. The van der Waals surface area contributed by atoms with E-state index in [2.05, 4.69) is 40.7 Å². The van der Waals surface area contributed by atoms with Gasteiger partial charge in [0.05, 0.1) is 0 Å². The molecule has 0 aliphatic carbocycles. The van der Waals surface area contributed by atoms with Crippen molar-refractivity contribution in [3.8, 4) is 0 Å². The largest absolute Gasteiger partial charge is 0.396 e. The van der Waals surface area contributed by atoms with Gasteiger partial charge in [-0.1, -0.05) is 45.3 Å². The summed E-state index contributed by atoms with van der Waals surface area (Å²) < 4.78 is 0. The predicted octanol–water partition coefficient (Wildman–Crippen LogP) is 4.41. The van der Waals surface area contributed by atoms with Gasteiger partial charge in [0.1, 0.15) is 0 Å². The molecule has 0 saturated heterocycles. The lowest BCUT2D eigenvalue weighted by molar-refractivity contribution is 0.138. The molecule has 0 fully saturated rings. The van der Waals surface area contributed by atoms with E-state index in [4.69, 9.17) is 0 Å². The van der Waals surface area contributed by atoms with Crippen molar-refractivity contribution in [1.82, 2.24) is 0 Å². The fourth-order valence-corrected chi connectivity index (χ4v) is 2.32. The van der Waals surface area contributed by atoms with E-state index in [0.717, 1.165) is 6.42 Å². The van der Waals surface area contributed by atoms with Crippen molar-refractivity contribution in [3.05, 3.63) is 11.6 Å². The average molecular weight is 226 g/mol. The molecule has 96 valence electrons. The maximum Gasteiger partial charge on any atom is 0.0464 e. The second-order valence-electron chi connectivity index (χ2n) is 5.51. The van der Waals surface area contributed by atoms with Crippen molar-refractivity contribution >= 4 is 0 Å². The van der Waals surface area contributed by atoms with Crippen LogP contribution in [-0.2, 0) is 0 Å². The smallest absolute Gasteiger partial charge is 0.0464 e. The number of unbranched alkanes of at least 4 members (excludes halogenated alkanes) is 1. The number of rotatable bonds is 8. The fourth-order valence-electron chi connectivity index (χ4n) is 2.32. The minimum Gasteiger partial charge on any atom is -0.396 e. The molecule has 0 aromatic carbocycles. The van der Waals surface area contributed by atoms with Crippen LogP contribution in [0.5, 0.6) is 0 Å². The Morgan fingerprint density at radius 1 is 1.25 bits per heavy atom. The van der Waals surface area contributed by atoms with Crippen molar-refractivity contribution in [3.63, 3.8) is 0 Å². The van der Waals surface area contributed by atoms with E-state index in [9.17, 15) is 5.11 Å². The Balaban J connectivity index is 4.39. The minimum absolute atomic E-state index is 0.330. The summed E-state index contributed by atoms with van der Waals surface area (Å²) in [4.78, 5) is 0. The summed E-state index contributed by atoms with van der Waals surface area (Å²) in [6.45, 7) is 11.4. The number of hydrogen-bond acceptors (Lipinski definition) is 1. The summed E-state index contributed by atoms with van der Waals surface area (Å²) in [5.74, 6) is 1.79. The molecule has 16 heavy (non-hydrogen) atoms. The van der Waals surface area contributed by atoms with Gasteiger partial charge in [0.2, 0.25) is 0 Å². The maximum atomic E-state index is 9.53. The summed E-state index contributed by atoms with van der Waals surface area (Å²) in [6.07, 6.45) is 7.10. The summed E-state index contributed by atoms with van der Waals surface area (Å²) >= 11 is 0. The Morgan fingerprint density at radius 3 is 2.25 bits per heavy atom. The molecule has 0 heterocycles. The van der Waals surface area contributed by atoms with Gasteiger partial charge in [-0.05, 0) is 44.4 Å². The van der Waals surface area contributed by atoms with E-state index < -0.39 is 0 Å². The molecule has 0 amide bonds. The summed E-state index contributed by atoms with van der Waals surface area (Å²) in [6, 6.07) is 0. The number of hydrogen-bond donors (Lipinski definition) is 1. The van der Waals surface area contributed by atoms with Gasteiger partial charge in [0.25, 0.3) is 0 Å². The molecule has 0 aliphatic heterocycles. The monoisotopic (exact) mass is 226 g/mol. The SMILES string of the molecule is CCCCC(C(C)C)C(CO)CC=C(C)C. The maximum absolute atomic E-state index is 9.53. The second kappa shape index (κ2) is 8.81. The van der Waals surface area contributed by atoms with Crippen molar-refractivity contribution in [1.29, 1.82) is 0 Å². The van der Waals surface area contributed by atoms with Crippen LogP contribution in [0.15, 0.2) is 11.6 Å². The van der Waals surface area contributed by atoms with Crippen LogP contribution in [0.1, 0.15) is 60.3 Å². The minimum atomic E-state index is 0.330. The molecule has 0 bridgehead atoms. The van der Waals surface area contributed by atoms with E-state index in [0.29, 0.717) is 24.4 Å². The first-order chi connectivity index (χ1) is 7.52. The second-order valence-corrected chi connectivity index (χ2v) is 5.51. The van der Waals surface area contributed by atoms with Crippen LogP contribution in [0.25, 0.3) is 0 Å². The third-order valence-corrected chi connectivity index (χ3v) is 3.42. The molecule has 0 spiro atoms. The van der Waals surface area contributed by atoms with E-state index >= 15 is 0 Å². The Morgan fingerprint density at radius 2 is 1.88 bits per heavy atom. The van der Waals surface area contributed by atoms with Crippen molar-refractivity contribution < 1.29 is 5.11 Å². The van der Waals surface area contributed by atoms with Crippen LogP contribution < -0.4 is 0 Å². The van der Waals surface area contributed by atoms with Gasteiger partial charge in [0, 0.05) is 6.61 Å². The first-order valence-electron chi connectivity index (χ1n) is 6.77. The van der Waals surface area contributed by atoms with Crippen molar-refractivity contribution in [2.75, 3.05) is 6.61 Å². The third kappa shape index (κ3) is 6.32. The molecule has 0 aromatic heterocycles. The molecule has 0 aliphatic rings. The number of aliphatic hydroxyl groups is 1.